The maximum Gasteiger partial charge on any atom is 0.421 e. The van der Waals surface area contributed by atoms with E-state index in [-0.39, 0.29) is 66.1 Å². The molecular formula is C34H60O18. The smallest absolute Gasteiger partial charge is 0.421 e. The average molecular weight is 757 g/mol. The van der Waals surface area contributed by atoms with Crippen molar-refractivity contribution in [3.05, 3.63) is 25.3 Å². The van der Waals surface area contributed by atoms with E-state index < -0.39 is 54.1 Å². The van der Waals surface area contributed by atoms with Gasteiger partial charge in [-0.25, -0.2) is 14.3 Å². The molecule has 18 heteroatoms. The Morgan fingerprint density at radius 3 is 1.04 bits per heavy atom. The number of hydrogen-bond donors (Lipinski definition) is 0. The predicted molar refractivity (Wildman–Crippen MR) is 179 cm³/mol. The first kappa shape index (κ1) is 47.9. The Morgan fingerprint density at radius 1 is 0.462 bits per heavy atom. The van der Waals surface area contributed by atoms with Crippen LogP contribution < -0.4 is 0 Å². The second-order valence-electron chi connectivity index (χ2n) is 9.93. The molecule has 1 aliphatic rings. The number of esters is 2. The van der Waals surface area contributed by atoms with Crippen molar-refractivity contribution in [1.82, 2.24) is 0 Å². The van der Waals surface area contributed by atoms with E-state index in [0.29, 0.717) is 0 Å². The molecule has 0 bridgehead atoms. The number of rotatable bonds is 26. The van der Waals surface area contributed by atoms with Crippen molar-refractivity contribution in [2.45, 2.75) is 118 Å². The molecule has 0 aromatic rings. The van der Waals surface area contributed by atoms with Crippen molar-refractivity contribution >= 4 is 11.9 Å². The lowest BCUT2D eigenvalue weighted by Gasteiger charge is -2.51. The van der Waals surface area contributed by atoms with Gasteiger partial charge in [0.2, 0.25) is 6.29 Å². The Bertz CT molecular complexity index is 1060. The third kappa shape index (κ3) is 10.3. The minimum absolute atomic E-state index is 0.193. The standard InChI is InChI=1S/C34H60O18/c1-14-27(35)47-26(13)48-33(45-24-11)31(41-20-7,42-21-8)50-32(43-22-9,44-23-10)34(46-25-12,49-28(36)15-2)52-30(39-18-5,40-19-6)29(51-33,37-16-3)38-17-4/h14-15,26H,1-2,16-25H2,3-13H3. The van der Waals surface area contributed by atoms with Crippen LogP contribution in [0.5, 0.6) is 0 Å². The Hall–Kier alpha value is -2.14. The fraction of sp³-hybridized carbons (Fsp3) is 0.824. The second kappa shape index (κ2) is 22.3. The van der Waals surface area contributed by atoms with E-state index >= 15 is 0 Å². The van der Waals surface area contributed by atoms with Gasteiger partial charge in [-0.3, -0.25) is 14.2 Å². The molecule has 0 saturated carbocycles. The largest absolute Gasteiger partial charge is 0.433 e. The van der Waals surface area contributed by atoms with Gasteiger partial charge in [0.25, 0.3) is 0 Å². The highest BCUT2D eigenvalue weighted by molar-refractivity contribution is 5.81. The minimum Gasteiger partial charge on any atom is -0.433 e. The van der Waals surface area contributed by atoms with Crippen LogP contribution in [0.3, 0.4) is 0 Å². The van der Waals surface area contributed by atoms with Crippen molar-refractivity contribution < 1.29 is 85.4 Å². The van der Waals surface area contributed by atoms with Gasteiger partial charge in [-0.15, -0.1) is 0 Å². The van der Waals surface area contributed by atoms with Gasteiger partial charge in [-0.05, 0) is 76.2 Å². The van der Waals surface area contributed by atoms with E-state index in [1.165, 1.54) is 6.92 Å². The van der Waals surface area contributed by atoms with Crippen molar-refractivity contribution in [1.29, 1.82) is 0 Å². The number of hydrogen-bond acceptors (Lipinski definition) is 18. The molecule has 1 aliphatic heterocycles. The zero-order valence-corrected chi connectivity index (χ0v) is 32.6. The Morgan fingerprint density at radius 2 is 0.712 bits per heavy atom. The molecule has 0 amide bonds. The highest BCUT2D eigenvalue weighted by Crippen LogP contribution is 2.54. The lowest BCUT2D eigenvalue weighted by Crippen LogP contribution is -2.73. The summed E-state index contributed by atoms with van der Waals surface area (Å²) in [4.78, 5) is 25.9. The molecule has 52 heavy (non-hydrogen) atoms. The summed E-state index contributed by atoms with van der Waals surface area (Å²) in [5, 5.41) is 0. The molecule has 1 heterocycles. The minimum atomic E-state index is -3.03. The van der Waals surface area contributed by atoms with Crippen LogP contribution in [-0.2, 0) is 85.4 Å². The van der Waals surface area contributed by atoms with Crippen LogP contribution in [0.1, 0.15) is 76.2 Å². The third-order valence-corrected chi connectivity index (χ3v) is 6.45. The summed E-state index contributed by atoms with van der Waals surface area (Å²) in [6.45, 7) is 22.0. The van der Waals surface area contributed by atoms with Crippen molar-refractivity contribution in [3.63, 3.8) is 0 Å². The normalized spacial score (nSPS) is 24.1. The van der Waals surface area contributed by atoms with Crippen LogP contribution in [0.2, 0.25) is 0 Å². The lowest BCUT2D eigenvalue weighted by atomic mass is 10.3. The molecule has 0 aliphatic carbocycles. The van der Waals surface area contributed by atoms with E-state index in [4.69, 9.17) is 75.8 Å². The van der Waals surface area contributed by atoms with E-state index in [1.807, 2.05) is 0 Å². The fourth-order valence-electron chi connectivity index (χ4n) is 5.02. The molecule has 1 rings (SSSR count). The van der Waals surface area contributed by atoms with Crippen LogP contribution in [0.4, 0.5) is 0 Å². The molecule has 3 atom stereocenters. The number of carbonyl (C=O) groups excluding carboxylic acids is 2. The predicted octanol–water partition coefficient (Wildman–Crippen LogP) is 4.16. The fourth-order valence-corrected chi connectivity index (χ4v) is 5.02. The first-order valence-corrected chi connectivity index (χ1v) is 17.6. The van der Waals surface area contributed by atoms with Gasteiger partial charge in [-0.1, -0.05) is 13.2 Å². The highest BCUT2D eigenvalue weighted by atomic mass is 17.1. The van der Waals surface area contributed by atoms with E-state index in [0.717, 1.165) is 12.2 Å². The SMILES string of the molecule is C=CC(=O)OC(C)OC1(OCC)OC(OCC)(OCC)C(OCC)(OCC)OC(OCC)(OC(=O)C=C)C(OCC)(OCC)OC1(OCC)OCC. The summed E-state index contributed by atoms with van der Waals surface area (Å²) in [6.07, 6.45) is 0.194. The molecule has 0 aromatic heterocycles. The quantitative estimate of drug-likeness (QED) is 0.0696. The number of ether oxygens (including phenoxy) is 16. The molecule has 0 spiro atoms. The van der Waals surface area contributed by atoms with E-state index in [1.54, 1.807) is 69.2 Å². The van der Waals surface area contributed by atoms with Crippen LogP contribution in [0, 0.1) is 0 Å². The van der Waals surface area contributed by atoms with Gasteiger partial charge < -0.3 is 56.8 Å². The topological polar surface area (TPSA) is 182 Å². The third-order valence-electron chi connectivity index (χ3n) is 6.45. The summed E-state index contributed by atoms with van der Waals surface area (Å²) >= 11 is 0. The zero-order chi connectivity index (χ0) is 39.5. The monoisotopic (exact) mass is 756 g/mol. The maximum absolute atomic E-state index is 13.4. The second-order valence-corrected chi connectivity index (χ2v) is 9.93. The Balaban J connectivity index is 4.99. The lowest BCUT2D eigenvalue weighted by molar-refractivity contribution is -0.653. The van der Waals surface area contributed by atoms with Gasteiger partial charge in [0, 0.05) is 71.6 Å². The Kier molecular flexibility index (Phi) is 20.5. The van der Waals surface area contributed by atoms with E-state index in [9.17, 15) is 9.59 Å². The molecule has 1 saturated heterocycles. The summed E-state index contributed by atoms with van der Waals surface area (Å²) in [7, 11) is 0. The molecule has 0 aromatic carbocycles. The van der Waals surface area contributed by atoms with Gasteiger partial charge in [0.1, 0.15) is 0 Å². The molecule has 304 valence electrons. The van der Waals surface area contributed by atoms with Gasteiger partial charge in [-0.2, -0.15) is 0 Å². The van der Waals surface area contributed by atoms with Gasteiger partial charge >= 0.3 is 47.8 Å². The molecular weight excluding hydrogens is 696 g/mol. The van der Waals surface area contributed by atoms with Gasteiger partial charge in [0.15, 0.2) is 0 Å². The molecule has 1 fully saturated rings. The van der Waals surface area contributed by atoms with Crippen LogP contribution in [0.15, 0.2) is 25.3 Å². The summed E-state index contributed by atoms with van der Waals surface area (Å²) in [5.41, 5.74) is 0. The Labute approximate surface area is 307 Å². The van der Waals surface area contributed by atoms with E-state index in [2.05, 4.69) is 13.2 Å². The highest BCUT2D eigenvalue weighted by Gasteiger charge is 2.81. The molecule has 3 unspecified atom stereocenters. The van der Waals surface area contributed by atoms with Crippen LogP contribution in [-0.4, -0.2) is 120 Å². The van der Waals surface area contributed by atoms with Crippen molar-refractivity contribution in [2.75, 3.05) is 66.1 Å². The average Bonchev–Trinajstić information content (AvgIpc) is 3.09. The molecule has 0 radical (unpaired) electrons. The maximum atomic E-state index is 13.4. The molecule has 0 N–H and O–H groups in total. The summed E-state index contributed by atoms with van der Waals surface area (Å²) in [6, 6.07) is 0. The van der Waals surface area contributed by atoms with Crippen molar-refractivity contribution in [2.24, 2.45) is 0 Å². The first-order chi connectivity index (χ1) is 24.8. The molecule has 18 nitrogen and oxygen atoms in total. The first-order valence-electron chi connectivity index (χ1n) is 17.6. The summed E-state index contributed by atoms with van der Waals surface area (Å²) < 4.78 is 100. The zero-order valence-electron chi connectivity index (χ0n) is 32.6. The van der Waals surface area contributed by atoms with Crippen molar-refractivity contribution in [3.8, 4) is 0 Å². The van der Waals surface area contributed by atoms with Gasteiger partial charge in [0.05, 0.1) is 6.61 Å². The summed E-state index contributed by atoms with van der Waals surface area (Å²) in [5.74, 6) is -19.4. The van der Waals surface area contributed by atoms with Crippen LogP contribution >= 0.6 is 0 Å². The number of carbonyl (C=O) groups is 2. The van der Waals surface area contributed by atoms with Crippen LogP contribution in [0.25, 0.3) is 0 Å².